The van der Waals surface area contributed by atoms with Gasteiger partial charge in [-0.05, 0) is 61.4 Å². The van der Waals surface area contributed by atoms with Crippen LogP contribution in [0.5, 0.6) is 0 Å². The Labute approximate surface area is 168 Å². The Morgan fingerprint density at radius 1 is 0.840 bits per heavy atom. The van der Waals surface area contributed by atoms with Crippen LogP contribution in [-0.4, -0.2) is 23.3 Å². The third kappa shape index (κ3) is 6.49. The first-order chi connectivity index (χ1) is 11.8. The summed E-state index contributed by atoms with van der Waals surface area (Å²) in [5, 5.41) is 5.72. The van der Waals surface area contributed by atoms with Crippen LogP contribution >= 0.6 is 43.6 Å². The lowest BCUT2D eigenvalue weighted by Gasteiger charge is -2.10. The predicted octanol–water partition coefficient (Wildman–Crippen LogP) is 5.14. The van der Waals surface area contributed by atoms with Crippen molar-refractivity contribution < 1.29 is 9.59 Å². The molecule has 0 aliphatic heterocycles. The second-order valence-electron chi connectivity index (χ2n) is 5.51. The summed E-state index contributed by atoms with van der Waals surface area (Å²) in [6.45, 7) is 3.86. The molecule has 0 bridgehead atoms. The van der Waals surface area contributed by atoms with Gasteiger partial charge in [-0.2, -0.15) is 0 Å². The number of amides is 2. The molecule has 0 radical (unpaired) electrons. The molecule has 0 heterocycles. The van der Waals surface area contributed by atoms with Crippen LogP contribution in [0.1, 0.15) is 11.1 Å². The summed E-state index contributed by atoms with van der Waals surface area (Å²) in [6, 6.07) is 11.3. The molecular weight excluding hydrogens is 468 g/mol. The molecule has 4 nitrogen and oxygen atoms in total. The summed E-state index contributed by atoms with van der Waals surface area (Å²) < 4.78 is 1.94. The molecule has 0 aliphatic carbocycles. The van der Waals surface area contributed by atoms with Crippen LogP contribution in [0.15, 0.2) is 45.3 Å². The lowest BCUT2D eigenvalue weighted by molar-refractivity contribution is -0.114. The molecule has 2 amide bonds. The van der Waals surface area contributed by atoms with E-state index in [-0.39, 0.29) is 23.3 Å². The molecule has 0 saturated heterocycles. The van der Waals surface area contributed by atoms with Gasteiger partial charge in [0.15, 0.2) is 0 Å². The van der Waals surface area contributed by atoms with Crippen LogP contribution in [0.4, 0.5) is 11.4 Å². The fraction of sp³-hybridized carbons (Fsp3) is 0.222. The van der Waals surface area contributed by atoms with Gasteiger partial charge < -0.3 is 10.6 Å². The minimum atomic E-state index is -0.122. The highest BCUT2D eigenvalue weighted by atomic mass is 79.9. The summed E-state index contributed by atoms with van der Waals surface area (Å²) in [5.41, 5.74) is 3.53. The van der Waals surface area contributed by atoms with Gasteiger partial charge in [-0.3, -0.25) is 9.59 Å². The fourth-order valence-electron chi connectivity index (χ4n) is 2.14. The predicted molar refractivity (Wildman–Crippen MR) is 112 cm³/mol. The number of rotatable bonds is 6. The third-order valence-corrected chi connectivity index (χ3v) is 5.31. The lowest BCUT2D eigenvalue weighted by atomic mass is 10.2. The molecule has 25 heavy (non-hydrogen) atoms. The van der Waals surface area contributed by atoms with Crippen molar-refractivity contribution in [3.8, 4) is 0 Å². The maximum Gasteiger partial charge on any atom is 0.234 e. The van der Waals surface area contributed by atoms with Crippen molar-refractivity contribution in [2.75, 3.05) is 22.1 Å². The van der Waals surface area contributed by atoms with Crippen LogP contribution in [-0.2, 0) is 9.59 Å². The lowest BCUT2D eigenvalue weighted by Crippen LogP contribution is -2.19. The molecule has 2 rings (SSSR count). The van der Waals surface area contributed by atoms with Crippen LogP contribution in [0.3, 0.4) is 0 Å². The molecule has 0 spiro atoms. The van der Waals surface area contributed by atoms with E-state index < -0.39 is 0 Å². The molecule has 0 unspecified atom stereocenters. The monoisotopic (exact) mass is 484 g/mol. The van der Waals surface area contributed by atoms with Gasteiger partial charge in [0.05, 0.1) is 11.5 Å². The standard InChI is InChI=1S/C18H18Br2N2O2S/c1-11-7-13(19)3-5-15(11)21-17(23)9-25-10-18(24)22-16-6-4-14(20)8-12(16)2/h3-8H,9-10H2,1-2H3,(H,21,23)(H,22,24). The molecule has 0 fully saturated rings. The first-order valence-corrected chi connectivity index (χ1v) is 10.3. The highest BCUT2D eigenvalue weighted by Gasteiger charge is 2.09. The quantitative estimate of drug-likeness (QED) is 0.595. The number of benzene rings is 2. The van der Waals surface area contributed by atoms with Crippen molar-refractivity contribution in [2.45, 2.75) is 13.8 Å². The molecule has 2 aromatic rings. The first kappa shape index (κ1) is 20.0. The Morgan fingerprint density at radius 3 is 1.60 bits per heavy atom. The smallest absolute Gasteiger partial charge is 0.234 e. The average Bonchev–Trinajstić information content (AvgIpc) is 2.53. The molecule has 0 aromatic heterocycles. The summed E-state index contributed by atoms with van der Waals surface area (Å²) >= 11 is 8.07. The molecule has 132 valence electrons. The van der Waals surface area contributed by atoms with Crippen molar-refractivity contribution in [2.24, 2.45) is 0 Å². The van der Waals surface area contributed by atoms with E-state index in [0.29, 0.717) is 0 Å². The molecule has 0 atom stereocenters. The summed E-state index contributed by atoms with van der Waals surface area (Å²) in [4.78, 5) is 24.0. The highest BCUT2D eigenvalue weighted by molar-refractivity contribution is 9.10. The van der Waals surface area contributed by atoms with E-state index in [1.165, 1.54) is 11.8 Å². The number of carbonyl (C=O) groups excluding carboxylic acids is 2. The number of thioether (sulfide) groups is 1. The number of hydrogen-bond acceptors (Lipinski definition) is 3. The Morgan fingerprint density at radius 2 is 1.24 bits per heavy atom. The maximum absolute atomic E-state index is 12.0. The molecule has 7 heteroatoms. The van der Waals surface area contributed by atoms with E-state index in [2.05, 4.69) is 42.5 Å². The Kier molecular flexibility index (Phi) is 7.53. The number of halogens is 2. The first-order valence-electron chi connectivity index (χ1n) is 7.55. The zero-order chi connectivity index (χ0) is 18.4. The molecule has 0 saturated carbocycles. The Hall–Kier alpha value is -1.31. The second-order valence-corrected chi connectivity index (χ2v) is 8.32. The number of carbonyl (C=O) groups is 2. The Balaban J connectivity index is 1.77. The average molecular weight is 486 g/mol. The van der Waals surface area contributed by atoms with Crippen LogP contribution < -0.4 is 10.6 Å². The van der Waals surface area contributed by atoms with E-state index in [1.807, 2.05) is 50.2 Å². The SMILES string of the molecule is Cc1cc(Br)ccc1NC(=O)CSCC(=O)Nc1ccc(Br)cc1C. The molecule has 2 aromatic carbocycles. The maximum atomic E-state index is 12.0. The summed E-state index contributed by atoms with van der Waals surface area (Å²) in [5.74, 6) is 0.205. The van der Waals surface area contributed by atoms with E-state index in [4.69, 9.17) is 0 Å². The van der Waals surface area contributed by atoms with Gasteiger partial charge in [0.25, 0.3) is 0 Å². The van der Waals surface area contributed by atoms with Crippen molar-refractivity contribution in [3.05, 3.63) is 56.5 Å². The van der Waals surface area contributed by atoms with Gasteiger partial charge in [-0.1, -0.05) is 31.9 Å². The van der Waals surface area contributed by atoms with Gasteiger partial charge in [0, 0.05) is 20.3 Å². The van der Waals surface area contributed by atoms with Gasteiger partial charge in [0.1, 0.15) is 0 Å². The summed E-state index contributed by atoms with van der Waals surface area (Å²) in [6.07, 6.45) is 0. The molecule has 2 N–H and O–H groups in total. The van der Waals surface area contributed by atoms with Crippen molar-refractivity contribution in [1.29, 1.82) is 0 Å². The van der Waals surface area contributed by atoms with Crippen LogP contribution in [0, 0.1) is 13.8 Å². The van der Waals surface area contributed by atoms with Gasteiger partial charge >= 0.3 is 0 Å². The van der Waals surface area contributed by atoms with E-state index in [1.54, 1.807) is 0 Å². The number of aryl methyl sites for hydroxylation is 2. The number of hydrogen-bond donors (Lipinski definition) is 2. The van der Waals surface area contributed by atoms with Crippen LogP contribution in [0.25, 0.3) is 0 Å². The van der Waals surface area contributed by atoms with Crippen molar-refractivity contribution in [1.82, 2.24) is 0 Å². The van der Waals surface area contributed by atoms with E-state index in [9.17, 15) is 9.59 Å². The normalized spacial score (nSPS) is 10.4. The van der Waals surface area contributed by atoms with E-state index in [0.717, 1.165) is 31.4 Å². The minimum Gasteiger partial charge on any atom is -0.325 e. The van der Waals surface area contributed by atoms with Gasteiger partial charge in [0.2, 0.25) is 11.8 Å². The zero-order valence-corrected chi connectivity index (χ0v) is 17.8. The van der Waals surface area contributed by atoms with Gasteiger partial charge in [-0.15, -0.1) is 11.8 Å². The zero-order valence-electron chi connectivity index (χ0n) is 13.9. The Bertz CT molecular complexity index is 731. The molecular formula is C18H18Br2N2O2S. The largest absolute Gasteiger partial charge is 0.325 e. The summed E-state index contributed by atoms with van der Waals surface area (Å²) in [7, 11) is 0. The highest BCUT2D eigenvalue weighted by Crippen LogP contribution is 2.21. The fourth-order valence-corrected chi connectivity index (χ4v) is 3.71. The van der Waals surface area contributed by atoms with Crippen LogP contribution in [0.2, 0.25) is 0 Å². The topological polar surface area (TPSA) is 58.2 Å². The van der Waals surface area contributed by atoms with Gasteiger partial charge in [-0.25, -0.2) is 0 Å². The van der Waals surface area contributed by atoms with Crippen molar-refractivity contribution >= 4 is 66.8 Å². The van der Waals surface area contributed by atoms with Crippen molar-refractivity contribution in [3.63, 3.8) is 0 Å². The number of nitrogens with one attached hydrogen (secondary N) is 2. The minimum absolute atomic E-state index is 0.122. The van der Waals surface area contributed by atoms with E-state index >= 15 is 0 Å². The number of anilines is 2. The molecule has 0 aliphatic rings. The second kappa shape index (κ2) is 9.40. The third-order valence-electron chi connectivity index (χ3n) is 3.39.